The van der Waals surface area contributed by atoms with Gasteiger partial charge in [-0.1, -0.05) is 78.9 Å². The summed E-state index contributed by atoms with van der Waals surface area (Å²) in [5.41, 5.74) is 7.66. The van der Waals surface area contributed by atoms with Gasteiger partial charge in [-0.15, -0.1) is 0 Å². The molecule has 0 aromatic heterocycles. The second-order valence-corrected chi connectivity index (χ2v) is 9.07. The SMILES string of the molecule is CC(CC(N)=O)N(Cc1ccccc1)C(=O)CCC(=O)[C@H](Cc1ccccc1)NC(=O)c1ccccc1. The van der Waals surface area contributed by atoms with Gasteiger partial charge in [0.15, 0.2) is 5.78 Å². The minimum absolute atomic E-state index is 0.0241. The molecule has 0 fully saturated rings. The summed E-state index contributed by atoms with van der Waals surface area (Å²) in [4.78, 5) is 52.4. The normalized spacial score (nSPS) is 12.2. The van der Waals surface area contributed by atoms with Crippen molar-refractivity contribution < 1.29 is 19.2 Å². The maximum absolute atomic E-state index is 13.3. The van der Waals surface area contributed by atoms with E-state index in [-0.39, 0.29) is 36.9 Å². The average molecular weight is 500 g/mol. The summed E-state index contributed by atoms with van der Waals surface area (Å²) in [6, 6.07) is 26.4. The highest BCUT2D eigenvalue weighted by Crippen LogP contribution is 2.15. The number of carbonyl (C=O) groups excluding carboxylic acids is 4. The van der Waals surface area contributed by atoms with Gasteiger partial charge in [-0.2, -0.15) is 0 Å². The van der Waals surface area contributed by atoms with Crippen LogP contribution in [0, 0.1) is 0 Å². The van der Waals surface area contributed by atoms with E-state index in [0.29, 0.717) is 18.5 Å². The number of ketones is 1. The van der Waals surface area contributed by atoms with E-state index in [0.717, 1.165) is 11.1 Å². The van der Waals surface area contributed by atoms with Crippen LogP contribution in [-0.2, 0) is 27.3 Å². The summed E-state index contributed by atoms with van der Waals surface area (Å²) in [5.74, 6) is -1.33. The molecule has 0 bridgehead atoms. The number of hydrogen-bond acceptors (Lipinski definition) is 4. The van der Waals surface area contributed by atoms with Gasteiger partial charge in [-0.05, 0) is 36.6 Å². The summed E-state index contributed by atoms with van der Waals surface area (Å²) >= 11 is 0. The lowest BCUT2D eigenvalue weighted by Crippen LogP contribution is -2.44. The molecule has 192 valence electrons. The first kappa shape index (κ1) is 27.3. The molecule has 3 rings (SSSR count). The first-order chi connectivity index (χ1) is 17.8. The van der Waals surface area contributed by atoms with Crippen molar-refractivity contribution >= 4 is 23.5 Å². The van der Waals surface area contributed by atoms with Crippen molar-refractivity contribution in [2.24, 2.45) is 5.73 Å². The standard InChI is InChI=1S/C30H33N3O4/c1-22(19-28(31)35)33(21-24-13-7-3-8-14-24)29(36)18-17-27(34)26(20-23-11-5-2-6-12-23)32-30(37)25-15-9-4-10-16-25/h2-16,22,26H,17-21H2,1H3,(H2,31,35)(H,32,37)/t22?,26-/m0/s1. The Kier molecular flexibility index (Phi) is 10.1. The Labute approximate surface area is 217 Å². The van der Waals surface area contributed by atoms with Gasteiger partial charge in [-0.3, -0.25) is 19.2 Å². The lowest BCUT2D eigenvalue weighted by Gasteiger charge is -2.29. The van der Waals surface area contributed by atoms with E-state index in [4.69, 9.17) is 5.73 Å². The smallest absolute Gasteiger partial charge is 0.251 e. The molecule has 7 nitrogen and oxygen atoms in total. The highest BCUT2D eigenvalue weighted by Gasteiger charge is 2.26. The largest absolute Gasteiger partial charge is 0.370 e. The number of nitrogens with zero attached hydrogens (tertiary/aromatic N) is 1. The molecule has 7 heteroatoms. The van der Waals surface area contributed by atoms with Gasteiger partial charge in [-0.25, -0.2) is 0 Å². The van der Waals surface area contributed by atoms with Crippen molar-refractivity contribution in [1.82, 2.24) is 10.2 Å². The number of primary amides is 1. The van der Waals surface area contributed by atoms with Gasteiger partial charge < -0.3 is 16.0 Å². The van der Waals surface area contributed by atoms with E-state index in [9.17, 15) is 19.2 Å². The third-order valence-corrected chi connectivity index (χ3v) is 6.14. The number of hydrogen-bond donors (Lipinski definition) is 2. The van der Waals surface area contributed by atoms with Crippen LogP contribution >= 0.6 is 0 Å². The topological polar surface area (TPSA) is 110 Å². The highest BCUT2D eigenvalue weighted by molar-refractivity contribution is 5.98. The Hall–Kier alpha value is -4.26. The maximum atomic E-state index is 13.3. The van der Waals surface area contributed by atoms with Crippen LogP contribution in [0.4, 0.5) is 0 Å². The Morgan fingerprint density at radius 1 is 0.784 bits per heavy atom. The van der Waals surface area contributed by atoms with Crippen LogP contribution in [0.25, 0.3) is 0 Å². The van der Waals surface area contributed by atoms with E-state index in [1.807, 2.05) is 66.7 Å². The lowest BCUT2D eigenvalue weighted by atomic mass is 9.98. The van der Waals surface area contributed by atoms with Crippen LogP contribution in [0.5, 0.6) is 0 Å². The molecular weight excluding hydrogens is 466 g/mol. The average Bonchev–Trinajstić information content (AvgIpc) is 2.91. The van der Waals surface area contributed by atoms with E-state index in [1.54, 1.807) is 36.1 Å². The van der Waals surface area contributed by atoms with Gasteiger partial charge >= 0.3 is 0 Å². The minimum Gasteiger partial charge on any atom is -0.370 e. The number of benzene rings is 3. The zero-order valence-electron chi connectivity index (χ0n) is 21.0. The highest BCUT2D eigenvalue weighted by atomic mass is 16.2. The zero-order chi connectivity index (χ0) is 26.6. The van der Waals surface area contributed by atoms with Crippen molar-refractivity contribution in [3.63, 3.8) is 0 Å². The summed E-state index contributed by atoms with van der Waals surface area (Å²) in [6.07, 6.45) is 0.260. The number of rotatable bonds is 13. The van der Waals surface area contributed by atoms with Crippen molar-refractivity contribution in [1.29, 1.82) is 0 Å². The molecule has 0 aliphatic carbocycles. The molecule has 0 radical (unpaired) electrons. The Morgan fingerprint density at radius 2 is 1.32 bits per heavy atom. The summed E-state index contributed by atoms with van der Waals surface area (Å²) in [6.45, 7) is 2.08. The van der Waals surface area contributed by atoms with E-state index >= 15 is 0 Å². The first-order valence-corrected chi connectivity index (χ1v) is 12.4. The molecule has 0 aliphatic rings. The van der Waals surface area contributed by atoms with Crippen molar-refractivity contribution in [3.8, 4) is 0 Å². The Balaban J connectivity index is 1.71. The molecule has 0 saturated heterocycles. The number of amides is 3. The van der Waals surface area contributed by atoms with Crippen molar-refractivity contribution in [2.75, 3.05) is 0 Å². The number of Topliss-reactive ketones (excluding diaryl/α,β-unsaturated/α-hetero) is 1. The Morgan fingerprint density at radius 3 is 1.89 bits per heavy atom. The first-order valence-electron chi connectivity index (χ1n) is 12.4. The molecule has 0 aliphatic heterocycles. The number of carbonyl (C=O) groups is 4. The molecule has 0 saturated carbocycles. The monoisotopic (exact) mass is 499 g/mol. The zero-order valence-corrected chi connectivity index (χ0v) is 21.0. The van der Waals surface area contributed by atoms with Crippen LogP contribution in [0.1, 0.15) is 47.7 Å². The Bertz CT molecular complexity index is 1180. The third kappa shape index (κ3) is 8.72. The van der Waals surface area contributed by atoms with Gasteiger partial charge in [0.05, 0.1) is 6.04 Å². The fraction of sp³-hybridized carbons (Fsp3) is 0.267. The molecular formula is C30H33N3O4. The fourth-order valence-corrected chi connectivity index (χ4v) is 4.15. The lowest BCUT2D eigenvalue weighted by molar-refractivity contribution is -0.136. The second kappa shape index (κ2) is 13.7. The maximum Gasteiger partial charge on any atom is 0.251 e. The van der Waals surface area contributed by atoms with Gasteiger partial charge in [0, 0.05) is 37.4 Å². The molecule has 3 amide bonds. The summed E-state index contributed by atoms with van der Waals surface area (Å²) in [5, 5.41) is 2.85. The van der Waals surface area contributed by atoms with Gasteiger partial charge in [0.25, 0.3) is 5.91 Å². The van der Waals surface area contributed by atoms with Crippen LogP contribution in [0.15, 0.2) is 91.0 Å². The second-order valence-electron chi connectivity index (χ2n) is 9.07. The molecule has 37 heavy (non-hydrogen) atoms. The molecule has 1 unspecified atom stereocenters. The summed E-state index contributed by atoms with van der Waals surface area (Å²) in [7, 11) is 0. The molecule has 0 spiro atoms. The molecule has 3 N–H and O–H groups in total. The van der Waals surface area contributed by atoms with Gasteiger partial charge in [0.2, 0.25) is 11.8 Å². The number of nitrogens with one attached hydrogen (secondary N) is 1. The fourth-order valence-electron chi connectivity index (χ4n) is 4.15. The minimum atomic E-state index is -0.784. The van der Waals surface area contributed by atoms with Crippen molar-refractivity contribution in [2.45, 2.75) is 51.2 Å². The molecule has 3 aromatic rings. The van der Waals surface area contributed by atoms with E-state index in [2.05, 4.69) is 5.32 Å². The van der Waals surface area contributed by atoms with E-state index < -0.39 is 18.0 Å². The quantitative estimate of drug-likeness (QED) is 0.374. The third-order valence-electron chi connectivity index (χ3n) is 6.14. The predicted molar refractivity (Wildman–Crippen MR) is 142 cm³/mol. The van der Waals surface area contributed by atoms with E-state index in [1.165, 1.54) is 0 Å². The molecule has 0 heterocycles. The summed E-state index contributed by atoms with van der Waals surface area (Å²) < 4.78 is 0. The van der Waals surface area contributed by atoms with Crippen molar-refractivity contribution in [3.05, 3.63) is 108 Å². The van der Waals surface area contributed by atoms with Gasteiger partial charge in [0.1, 0.15) is 0 Å². The predicted octanol–water partition coefficient (Wildman–Crippen LogP) is 3.67. The van der Waals surface area contributed by atoms with Crippen LogP contribution < -0.4 is 11.1 Å². The molecule has 3 aromatic carbocycles. The van der Waals surface area contributed by atoms with Crippen LogP contribution in [-0.4, -0.2) is 40.5 Å². The van der Waals surface area contributed by atoms with Crippen LogP contribution in [0.2, 0.25) is 0 Å². The number of nitrogens with two attached hydrogens (primary N) is 1. The van der Waals surface area contributed by atoms with Crippen LogP contribution in [0.3, 0.4) is 0 Å². The molecule has 2 atom stereocenters.